The molecule has 1 N–H and O–H groups in total. The van der Waals surface area contributed by atoms with Crippen LogP contribution in [0.3, 0.4) is 0 Å². The van der Waals surface area contributed by atoms with E-state index >= 15 is 0 Å². The number of carbonyl (C=O) groups excluding carboxylic acids is 2. The molecule has 1 unspecified atom stereocenters. The molecule has 0 saturated heterocycles. The molecule has 1 aliphatic heterocycles. The molecule has 5 heteroatoms. The minimum atomic E-state index is -0.621. The van der Waals surface area contributed by atoms with Crippen LogP contribution in [0, 0.1) is 6.92 Å². The minimum Gasteiger partial charge on any atom is -0.503 e. The average Bonchev–Trinajstić information content (AvgIpc) is 2.99. The minimum absolute atomic E-state index is 0.138. The number of rotatable bonds is 8. The summed E-state index contributed by atoms with van der Waals surface area (Å²) in [6.07, 6.45) is 0.613. The van der Waals surface area contributed by atoms with Gasteiger partial charge in [-0.3, -0.25) is 9.59 Å². The maximum absolute atomic E-state index is 13.3. The lowest BCUT2D eigenvalue weighted by atomic mass is 9.91. The van der Waals surface area contributed by atoms with Gasteiger partial charge in [0.25, 0.3) is 5.91 Å². The Balaban J connectivity index is 2.03. The van der Waals surface area contributed by atoms with Crippen molar-refractivity contribution >= 4 is 11.7 Å². The van der Waals surface area contributed by atoms with Crippen LogP contribution in [0.2, 0.25) is 0 Å². The van der Waals surface area contributed by atoms with Crippen LogP contribution in [-0.2, 0) is 9.53 Å². The quantitative estimate of drug-likeness (QED) is 0.507. The predicted octanol–water partition coefficient (Wildman–Crippen LogP) is 4.73. The van der Waals surface area contributed by atoms with E-state index in [4.69, 9.17) is 4.74 Å². The molecule has 3 rings (SSSR count). The maximum atomic E-state index is 13.3. The van der Waals surface area contributed by atoms with Gasteiger partial charge >= 0.3 is 0 Å². The first kappa shape index (κ1) is 21.8. The van der Waals surface area contributed by atoms with E-state index in [0.29, 0.717) is 31.1 Å². The topological polar surface area (TPSA) is 66.8 Å². The second kappa shape index (κ2) is 9.26. The summed E-state index contributed by atoms with van der Waals surface area (Å²) in [5.41, 5.74) is 3.61. The molecule has 1 amide bonds. The van der Waals surface area contributed by atoms with Gasteiger partial charge in [0.05, 0.1) is 11.6 Å². The Kier molecular flexibility index (Phi) is 6.73. The molecular weight excluding hydrogens is 378 g/mol. The maximum Gasteiger partial charge on any atom is 0.290 e. The van der Waals surface area contributed by atoms with Gasteiger partial charge in [-0.05, 0) is 30.4 Å². The van der Waals surface area contributed by atoms with Crippen molar-refractivity contribution in [3.8, 4) is 0 Å². The van der Waals surface area contributed by atoms with Crippen molar-refractivity contribution in [3.63, 3.8) is 0 Å². The molecule has 1 heterocycles. The molecule has 1 atom stereocenters. The number of hydrogen-bond donors (Lipinski definition) is 1. The first-order chi connectivity index (χ1) is 14.3. The Morgan fingerprint density at radius 1 is 1.10 bits per heavy atom. The van der Waals surface area contributed by atoms with Crippen LogP contribution in [0.25, 0.3) is 0 Å². The lowest BCUT2D eigenvalue weighted by molar-refractivity contribution is -0.129. The lowest BCUT2D eigenvalue weighted by Crippen LogP contribution is -2.32. The van der Waals surface area contributed by atoms with Crippen molar-refractivity contribution in [1.82, 2.24) is 4.90 Å². The van der Waals surface area contributed by atoms with Gasteiger partial charge in [-0.1, -0.05) is 67.9 Å². The van der Waals surface area contributed by atoms with Crippen molar-refractivity contribution < 1.29 is 19.4 Å². The lowest BCUT2D eigenvalue weighted by Gasteiger charge is -2.27. The molecular formula is C25H29NO4. The number of ketones is 1. The number of hydrogen-bond acceptors (Lipinski definition) is 4. The average molecular weight is 408 g/mol. The molecule has 0 fully saturated rings. The number of amides is 1. The molecule has 1 aliphatic rings. The number of aryl methyl sites for hydroxylation is 1. The zero-order chi connectivity index (χ0) is 21.8. The molecule has 30 heavy (non-hydrogen) atoms. The van der Waals surface area contributed by atoms with Gasteiger partial charge < -0.3 is 14.7 Å². The molecule has 0 bridgehead atoms. The summed E-state index contributed by atoms with van der Waals surface area (Å²) >= 11 is 0. The third-order valence-electron chi connectivity index (χ3n) is 5.53. The molecule has 158 valence electrons. The van der Waals surface area contributed by atoms with Crippen LogP contribution in [0.4, 0.5) is 0 Å². The Labute approximate surface area is 178 Å². The number of carbonyl (C=O) groups is 2. The summed E-state index contributed by atoms with van der Waals surface area (Å²) in [6, 6.07) is 14.5. The second-order valence-corrected chi connectivity index (χ2v) is 8.03. The first-order valence-corrected chi connectivity index (χ1v) is 10.3. The number of benzene rings is 2. The van der Waals surface area contributed by atoms with E-state index in [1.54, 1.807) is 24.1 Å². The Morgan fingerprint density at radius 3 is 2.30 bits per heavy atom. The highest BCUT2D eigenvalue weighted by molar-refractivity contribution is 6.16. The van der Waals surface area contributed by atoms with E-state index in [0.717, 1.165) is 11.1 Å². The van der Waals surface area contributed by atoms with E-state index < -0.39 is 17.7 Å². The smallest absolute Gasteiger partial charge is 0.290 e. The number of Topliss-reactive ketones (excluding diaryl/α,β-unsaturated/α-hetero) is 1. The highest BCUT2D eigenvalue weighted by Crippen LogP contribution is 2.39. The van der Waals surface area contributed by atoms with E-state index in [9.17, 15) is 14.7 Å². The van der Waals surface area contributed by atoms with Crippen molar-refractivity contribution in [3.05, 3.63) is 82.1 Å². The summed E-state index contributed by atoms with van der Waals surface area (Å²) in [5, 5.41) is 10.7. The van der Waals surface area contributed by atoms with Crippen molar-refractivity contribution in [2.45, 2.75) is 39.2 Å². The zero-order valence-corrected chi connectivity index (χ0v) is 18.0. The van der Waals surface area contributed by atoms with Crippen LogP contribution in [0.5, 0.6) is 0 Å². The van der Waals surface area contributed by atoms with Crippen molar-refractivity contribution in [1.29, 1.82) is 0 Å². The molecule has 0 aliphatic carbocycles. The fourth-order valence-corrected chi connectivity index (χ4v) is 3.77. The molecule has 2 aromatic rings. The summed E-state index contributed by atoms with van der Waals surface area (Å²) in [6.45, 7) is 7.05. The second-order valence-electron chi connectivity index (χ2n) is 8.03. The summed E-state index contributed by atoms with van der Waals surface area (Å²) in [5.74, 6) is -0.928. The van der Waals surface area contributed by atoms with Gasteiger partial charge in [-0.15, -0.1) is 0 Å². The number of ether oxygens (including phenoxy) is 1. The molecule has 2 aromatic carbocycles. The monoisotopic (exact) mass is 407 g/mol. The highest BCUT2D eigenvalue weighted by Gasteiger charge is 2.43. The fourth-order valence-electron chi connectivity index (χ4n) is 3.77. The van der Waals surface area contributed by atoms with E-state index in [1.165, 1.54) is 5.56 Å². The Morgan fingerprint density at radius 2 is 1.73 bits per heavy atom. The van der Waals surface area contributed by atoms with Crippen LogP contribution in [-0.4, -0.2) is 42.0 Å². The van der Waals surface area contributed by atoms with Crippen LogP contribution in [0.15, 0.2) is 59.9 Å². The molecule has 0 aromatic heterocycles. The highest BCUT2D eigenvalue weighted by atomic mass is 16.5. The summed E-state index contributed by atoms with van der Waals surface area (Å²) < 4.78 is 5.12. The van der Waals surface area contributed by atoms with Gasteiger partial charge in [0.1, 0.15) is 0 Å². The zero-order valence-electron chi connectivity index (χ0n) is 18.0. The van der Waals surface area contributed by atoms with Crippen molar-refractivity contribution in [2.24, 2.45) is 0 Å². The van der Waals surface area contributed by atoms with E-state index in [1.807, 2.05) is 43.3 Å². The van der Waals surface area contributed by atoms with Gasteiger partial charge in [0, 0.05) is 25.8 Å². The van der Waals surface area contributed by atoms with Crippen LogP contribution < -0.4 is 0 Å². The SMILES string of the molecule is COCCCN1C(=O)C(O)=C(C(=O)c2ccc(C)cc2)C1c1ccc(C(C)C)cc1. The van der Waals surface area contributed by atoms with Crippen LogP contribution in [0.1, 0.15) is 59.3 Å². The normalized spacial score (nSPS) is 16.6. The Bertz CT molecular complexity index is 942. The molecule has 0 saturated carbocycles. The summed E-state index contributed by atoms with van der Waals surface area (Å²) in [4.78, 5) is 27.8. The number of nitrogens with zero attached hydrogens (tertiary/aromatic N) is 1. The van der Waals surface area contributed by atoms with Crippen LogP contribution >= 0.6 is 0 Å². The van der Waals surface area contributed by atoms with E-state index in [2.05, 4.69) is 13.8 Å². The van der Waals surface area contributed by atoms with Crippen molar-refractivity contribution in [2.75, 3.05) is 20.3 Å². The third-order valence-corrected chi connectivity index (χ3v) is 5.53. The third kappa shape index (κ3) is 4.31. The number of methoxy groups -OCH3 is 1. The standard InChI is InChI=1S/C25H29NO4/c1-16(2)18-10-12-19(13-11-18)22-21(23(27)20-8-6-17(3)7-9-20)24(28)25(29)26(22)14-5-15-30-4/h6-13,16,22,28H,5,14-15H2,1-4H3. The van der Waals surface area contributed by atoms with Gasteiger partial charge in [-0.2, -0.15) is 0 Å². The van der Waals surface area contributed by atoms with Gasteiger partial charge in [0.15, 0.2) is 11.5 Å². The largest absolute Gasteiger partial charge is 0.503 e. The number of aliphatic hydroxyl groups excluding tert-OH is 1. The first-order valence-electron chi connectivity index (χ1n) is 10.3. The fraction of sp³-hybridized carbons (Fsp3) is 0.360. The summed E-state index contributed by atoms with van der Waals surface area (Å²) in [7, 11) is 1.61. The predicted molar refractivity (Wildman–Crippen MR) is 117 cm³/mol. The van der Waals surface area contributed by atoms with Gasteiger partial charge in [-0.25, -0.2) is 0 Å². The molecule has 0 radical (unpaired) electrons. The van der Waals surface area contributed by atoms with E-state index in [-0.39, 0.29) is 11.4 Å². The number of aliphatic hydroxyl groups is 1. The van der Waals surface area contributed by atoms with Gasteiger partial charge in [0.2, 0.25) is 0 Å². The molecule has 5 nitrogen and oxygen atoms in total. The molecule has 0 spiro atoms. The Hall–Kier alpha value is -2.92.